The molecule has 0 unspecified atom stereocenters. The molecule has 5 aliphatic rings. The minimum Gasteiger partial charge on any atom is -0.354 e. The third-order valence-electron chi connectivity index (χ3n) is 6.95. The zero-order chi connectivity index (χ0) is 16.3. The highest BCUT2D eigenvalue weighted by atomic mass is 35.5. The number of carbonyl (C=O) groups is 2. The number of hydrogen-bond donors (Lipinski definition) is 0. The van der Waals surface area contributed by atoms with Crippen molar-refractivity contribution in [3.8, 4) is 0 Å². The van der Waals surface area contributed by atoms with Crippen LogP contribution in [0.1, 0.15) is 58.3 Å². The second kappa shape index (κ2) is 4.95. The van der Waals surface area contributed by atoms with E-state index in [1.807, 2.05) is 6.20 Å². The molecule has 124 valence electrons. The summed E-state index contributed by atoms with van der Waals surface area (Å²) < 4.78 is 0. The van der Waals surface area contributed by atoms with Crippen LogP contribution in [0.2, 0.25) is 0 Å². The van der Waals surface area contributed by atoms with Crippen LogP contribution in [0.5, 0.6) is 0 Å². The molecule has 0 aromatic carbocycles. The second-order valence-corrected chi connectivity index (χ2v) is 8.13. The first-order chi connectivity index (χ1) is 11.0. The van der Waals surface area contributed by atoms with Crippen LogP contribution in [0.3, 0.4) is 0 Å². The van der Waals surface area contributed by atoms with Gasteiger partial charge in [-0.25, -0.2) is 0 Å². The third-order valence-corrected chi connectivity index (χ3v) is 7.21. The average molecular weight is 334 g/mol. The van der Waals surface area contributed by atoms with Crippen molar-refractivity contribution >= 4 is 22.6 Å². The first kappa shape index (κ1) is 15.4. The molecule has 3 nitrogen and oxygen atoms in total. The van der Waals surface area contributed by atoms with Crippen molar-refractivity contribution in [2.24, 2.45) is 11.3 Å². The highest BCUT2D eigenvalue weighted by molar-refractivity contribution is 6.64. The molecule has 3 aliphatic heterocycles. The molecular formula is C19H24ClNO2. The normalized spacial score (nSPS) is 43.7. The lowest BCUT2D eigenvalue weighted by atomic mass is 9.47. The van der Waals surface area contributed by atoms with Crippen molar-refractivity contribution in [1.82, 2.24) is 4.90 Å². The number of ketones is 1. The van der Waals surface area contributed by atoms with Crippen molar-refractivity contribution in [1.29, 1.82) is 0 Å². The number of nitrogens with zero attached hydrogens (tertiary/aromatic N) is 1. The molecule has 2 bridgehead atoms. The van der Waals surface area contributed by atoms with Crippen LogP contribution in [0, 0.1) is 11.3 Å². The molecule has 0 aromatic rings. The van der Waals surface area contributed by atoms with Crippen molar-refractivity contribution < 1.29 is 9.59 Å². The lowest BCUT2D eigenvalue weighted by molar-refractivity contribution is -0.166. The van der Waals surface area contributed by atoms with Gasteiger partial charge in [0.2, 0.25) is 5.24 Å². The van der Waals surface area contributed by atoms with E-state index >= 15 is 0 Å². The fourth-order valence-electron chi connectivity index (χ4n) is 5.91. The average Bonchev–Trinajstić information content (AvgIpc) is 2.91. The fourth-order valence-corrected chi connectivity index (χ4v) is 6.18. The molecule has 1 saturated heterocycles. The molecule has 0 radical (unpaired) electrons. The van der Waals surface area contributed by atoms with Gasteiger partial charge in [0.15, 0.2) is 5.78 Å². The standard InChI is InChI=1S/C19H24ClNO2/c1-2-3-8-18-11-10-17(13-14(18)16(20)23)7-4-5-9-19(17)15(22)6-12-21(18)19/h6,10-12,14H,2-5,7-9,13H2,1H3/t14-,17-,18+,19+/m1/s1. The summed E-state index contributed by atoms with van der Waals surface area (Å²) in [7, 11) is 0. The molecule has 2 aliphatic carbocycles. The predicted molar refractivity (Wildman–Crippen MR) is 90.0 cm³/mol. The van der Waals surface area contributed by atoms with Crippen LogP contribution in [-0.4, -0.2) is 27.0 Å². The molecule has 5 rings (SSSR count). The van der Waals surface area contributed by atoms with Crippen molar-refractivity contribution in [3.05, 3.63) is 24.4 Å². The Morgan fingerprint density at radius 3 is 2.87 bits per heavy atom. The Kier molecular flexibility index (Phi) is 3.32. The minimum absolute atomic E-state index is 0.206. The van der Waals surface area contributed by atoms with E-state index in [1.165, 1.54) is 0 Å². The van der Waals surface area contributed by atoms with Crippen LogP contribution in [0.25, 0.3) is 0 Å². The summed E-state index contributed by atoms with van der Waals surface area (Å²) in [5, 5.41) is -0.239. The van der Waals surface area contributed by atoms with Crippen LogP contribution in [0.15, 0.2) is 24.4 Å². The van der Waals surface area contributed by atoms with Gasteiger partial charge in [0.05, 0.1) is 11.5 Å². The van der Waals surface area contributed by atoms with Gasteiger partial charge in [0, 0.05) is 11.6 Å². The van der Waals surface area contributed by atoms with Crippen LogP contribution in [-0.2, 0) is 9.59 Å². The topological polar surface area (TPSA) is 37.4 Å². The van der Waals surface area contributed by atoms with Crippen molar-refractivity contribution in [3.63, 3.8) is 0 Å². The first-order valence-electron chi connectivity index (χ1n) is 8.94. The van der Waals surface area contributed by atoms with E-state index in [-0.39, 0.29) is 22.4 Å². The molecule has 0 amide bonds. The van der Waals surface area contributed by atoms with Crippen molar-refractivity contribution in [2.75, 3.05) is 0 Å². The van der Waals surface area contributed by atoms with Gasteiger partial charge < -0.3 is 4.90 Å². The Bertz CT molecular complexity index is 627. The summed E-state index contributed by atoms with van der Waals surface area (Å²) in [5.74, 6) is 0.0328. The monoisotopic (exact) mass is 333 g/mol. The van der Waals surface area contributed by atoms with E-state index in [2.05, 4.69) is 24.0 Å². The zero-order valence-corrected chi connectivity index (χ0v) is 14.4. The lowest BCUT2D eigenvalue weighted by Gasteiger charge is -2.68. The van der Waals surface area contributed by atoms with E-state index in [4.69, 9.17) is 11.6 Å². The maximum Gasteiger partial charge on any atom is 0.227 e. The van der Waals surface area contributed by atoms with E-state index < -0.39 is 11.1 Å². The third kappa shape index (κ3) is 1.67. The highest BCUT2D eigenvalue weighted by Gasteiger charge is 2.71. The van der Waals surface area contributed by atoms with E-state index in [9.17, 15) is 9.59 Å². The molecule has 3 heterocycles. The maximum atomic E-state index is 13.0. The largest absolute Gasteiger partial charge is 0.354 e. The quantitative estimate of drug-likeness (QED) is 0.577. The predicted octanol–water partition coefficient (Wildman–Crippen LogP) is 3.97. The van der Waals surface area contributed by atoms with E-state index in [0.29, 0.717) is 0 Å². The summed E-state index contributed by atoms with van der Waals surface area (Å²) in [6.45, 7) is 2.16. The van der Waals surface area contributed by atoms with Crippen molar-refractivity contribution in [2.45, 2.75) is 69.4 Å². The summed E-state index contributed by atoms with van der Waals surface area (Å²) in [4.78, 5) is 27.5. The Morgan fingerprint density at radius 2 is 2.13 bits per heavy atom. The summed E-state index contributed by atoms with van der Waals surface area (Å²) >= 11 is 6.06. The van der Waals surface area contributed by atoms with Gasteiger partial charge in [-0.2, -0.15) is 0 Å². The Labute approximate surface area is 142 Å². The van der Waals surface area contributed by atoms with E-state index in [1.54, 1.807) is 6.08 Å². The number of halogens is 1. The number of hydrogen-bond acceptors (Lipinski definition) is 3. The second-order valence-electron chi connectivity index (χ2n) is 7.76. The van der Waals surface area contributed by atoms with Crippen LogP contribution < -0.4 is 0 Å². The maximum absolute atomic E-state index is 13.0. The summed E-state index contributed by atoms with van der Waals surface area (Å²) in [6.07, 6.45) is 16.1. The number of piperidine rings is 1. The molecule has 4 atom stereocenters. The molecule has 0 aromatic heterocycles. The highest BCUT2D eigenvalue weighted by Crippen LogP contribution is 2.66. The minimum atomic E-state index is -0.448. The van der Waals surface area contributed by atoms with Crippen LogP contribution >= 0.6 is 11.6 Å². The van der Waals surface area contributed by atoms with Crippen LogP contribution in [0.4, 0.5) is 0 Å². The summed E-state index contributed by atoms with van der Waals surface area (Å²) in [5.41, 5.74) is -1.07. The van der Waals surface area contributed by atoms with Gasteiger partial charge in [-0.15, -0.1) is 0 Å². The van der Waals surface area contributed by atoms with Gasteiger partial charge in [-0.1, -0.05) is 44.8 Å². The molecule has 23 heavy (non-hydrogen) atoms. The molecule has 0 N–H and O–H groups in total. The Balaban J connectivity index is 1.91. The SMILES string of the molecule is CCCC[C@@]12C=C[C@]3(CCCC[C@]34C(=O)C=CN14)C[C@@H]2C(=O)Cl. The molecule has 2 spiro atoms. The van der Waals surface area contributed by atoms with Gasteiger partial charge in [-0.3, -0.25) is 9.59 Å². The lowest BCUT2D eigenvalue weighted by Crippen LogP contribution is -2.76. The number of rotatable bonds is 4. The van der Waals surface area contributed by atoms with Gasteiger partial charge in [0.1, 0.15) is 5.54 Å². The number of fused-ring (bicyclic) bond motifs is 1. The molecular weight excluding hydrogens is 310 g/mol. The first-order valence-corrected chi connectivity index (χ1v) is 9.32. The molecule has 2 fully saturated rings. The van der Waals surface area contributed by atoms with E-state index in [0.717, 1.165) is 51.4 Å². The van der Waals surface area contributed by atoms with Gasteiger partial charge in [-0.05, 0) is 43.4 Å². The Morgan fingerprint density at radius 1 is 1.35 bits per heavy atom. The number of carbonyl (C=O) groups excluding carboxylic acids is 2. The fraction of sp³-hybridized carbons (Fsp3) is 0.684. The molecule has 4 heteroatoms. The molecule has 1 saturated carbocycles. The Hall–Kier alpha value is -1.09. The number of unbranched alkanes of at least 4 members (excludes halogenated alkanes) is 1. The smallest absolute Gasteiger partial charge is 0.227 e. The zero-order valence-electron chi connectivity index (χ0n) is 13.7. The summed E-state index contributed by atoms with van der Waals surface area (Å²) in [6, 6.07) is 0. The van der Waals surface area contributed by atoms with Gasteiger partial charge in [0.25, 0.3) is 0 Å². The van der Waals surface area contributed by atoms with Gasteiger partial charge >= 0.3 is 0 Å².